The zero-order chi connectivity index (χ0) is 15.6. The van der Waals surface area contributed by atoms with Crippen LogP contribution in [0, 0.1) is 5.92 Å². The van der Waals surface area contributed by atoms with Gasteiger partial charge in [0.25, 0.3) is 0 Å². The van der Waals surface area contributed by atoms with Crippen LogP contribution in [-0.2, 0) is 16.6 Å². The van der Waals surface area contributed by atoms with Gasteiger partial charge >= 0.3 is 0 Å². The van der Waals surface area contributed by atoms with E-state index in [2.05, 4.69) is 30.3 Å². The summed E-state index contributed by atoms with van der Waals surface area (Å²) < 4.78 is 5.52. The van der Waals surface area contributed by atoms with Gasteiger partial charge in [0.15, 0.2) is 0 Å². The highest BCUT2D eigenvalue weighted by molar-refractivity contribution is 5.93. The number of hydrogen-bond acceptors (Lipinski definition) is 2. The van der Waals surface area contributed by atoms with Crippen LogP contribution in [0.1, 0.15) is 36.8 Å². The van der Waals surface area contributed by atoms with E-state index in [0.29, 0.717) is 18.1 Å². The van der Waals surface area contributed by atoms with E-state index in [1.54, 1.807) is 12.7 Å². The third kappa shape index (κ3) is 1.72. The summed E-state index contributed by atoms with van der Waals surface area (Å²) in [6, 6.07) is 10.8. The summed E-state index contributed by atoms with van der Waals surface area (Å²) in [5, 5.41) is 2.36. The molecule has 2 unspecified atom stereocenters. The number of Topliss-reactive ketones (excluding diaryl/α,β-unsaturated/α-hetero) is 1. The molecule has 23 heavy (non-hydrogen) atoms. The molecular formula is C21H20O2. The van der Waals surface area contributed by atoms with Crippen molar-refractivity contribution in [3.05, 3.63) is 53.1 Å². The molecule has 3 aliphatic rings. The van der Waals surface area contributed by atoms with Gasteiger partial charge in [-0.25, -0.2) is 0 Å². The Balaban J connectivity index is 1.78. The van der Waals surface area contributed by atoms with Crippen LogP contribution in [0.4, 0.5) is 0 Å². The van der Waals surface area contributed by atoms with E-state index in [9.17, 15) is 4.79 Å². The number of methoxy groups -OCH3 is 1. The fourth-order valence-electron chi connectivity index (χ4n) is 5.28. The van der Waals surface area contributed by atoms with Gasteiger partial charge in [-0.3, -0.25) is 4.79 Å². The molecule has 2 heteroatoms. The van der Waals surface area contributed by atoms with Gasteiger partial charge in [-0.2, -0.15) is 0 Å². The van der Waals surface area contributed by atoms with Gasteiger partial charge in [0.05, 0.1) is 7.11 Å². The molecule has 0 saturated heterocycles. The summed E-state index contributed by atoms with van der Waals surface area (Å²) in [6.07, 6.45) is 7.15. The molecule has 2 aromatic rings. The molecule has 3 aliphatic carbocycles. The highest BCUT2D eigenvalue weighted by atomic mass is 16.5. The van der Waals surface area contributed by atoms with Crippen molar-refractivity contribution in [1.82, 2.24) is 0 Å². The second-order valence-corrected chi connectivity index (χ2v) is 7.42. The monoisotopic (exact) mass is 304 g/mol. The first-order chi connectivity index (χ1) is 11.2. The van der Waals surface area contributed by atoms with Crippen LogP contribution in [0.5, 0.6) is 5.75 Å². The molecule has 2 aromatic carbocycles. The van der Waals surface area contributed by atoms with Gasteiger partial charge in [0.1, 0.15) is 11.5 Å². The van der Waals surface area contributed by atoms with Crippen LogP contribution in [0.3, 0.4) is 0 Å². The molecule has 5 rings (SSSR count). The van der Waals surface area contributed by atoms with Crippen LogP contribution in [0.15, 0.2) is 42.0 Å². The fourth-order valence-corrected chi connectivity index (χ4v) is 5.28. The van der Waals surface area contributed by atoms with Crippen LogP contribution < -0.4 is 4.74 Å². The number of benzene rings is 2. The van der Waals surface area contributed by atoms with Gasteiger partial charge < -0.3 is 4.74 Å². The molecule has 1 fully saturated rings. The minimum absolute atomic E-state index is 0.0754. The molecule has 0 aromatic heterocycles. The van der Waals surface area contributed by atoms with Crippen molar-refractivity contribution in [3.8, 4) is 5.75 Å². The summed E-state index contributed by atoms with van der Waals surface area (Å²) in [5.74, 6) is 1.93. The number of ketones is 1. The topological polar surface area (TPSA) is 26.3 Å². The molecule has 1 saturated carbocycles. The first-order valence-electron chi connectivity index (χ1n) is 8.49. The van der Waals surface area contributed by atoms with Crippen LogP contribution >= 0.6 is 0 Å². The third-order valence-corrected chi connectivity index (χ3v) is 6.24. The number of allylic oxidation sites excluding steroid dienone is 2. The van der Waals surface area contributed by atoms with E-state index < -0.39 is 0 Å². The second kappa shape index (κ2) is 4.47. The Morgan fingerprint density at radius 2 is 2.13 bits per heavy atom. The maximum absolute atomic E-state index is 12.5. The third-order valence-electron chi connectivity index (χ3n) is 6.24. The van der Waals surface area contributed by atoms with Crippen LogP contribution in [-0.4, -0.2) is 12.9 Å². The molecule has 2 bridgehead atoms. The van der Waals surface area contributed by atoms with Gasteiger partial charge in [-0.05, 0) is 53.8 Å². The summed E-state index contributed by atoms with van der Waals surface area (Å²) >= 11 is 0. The van der Waals surface area contributed by atoms with E-state index in [0.717, 1.165) is 30.4 Å². The summed E-state index contributed by atoms with van der Waals surface area (Å²) in [5.41, 5.74) is 4.31. The number of rotatable bonds is 1. The number of carbonyl (C=O) groups excluding carboxylic acids is 1. The summed E-state index contributed by atoms with van der Waals surface area (Å²) in [6.45, 7) is 0. The van der Waals surface area contributed by atoms with Crippen molar-refractivity contribution < 1.29 is 9.53 Å². The maximum Gasteiger partial charge on any atom is 0.138 e. The number of carbonyl (C=O) groups is 1. The Hall–Kier alpha value is -2.09. The minimum atomic E-state index is 0.0754. The molecule has 116 valence electrons. The average Bonchev–Trinajstić information content (AvgIpc) is 3.14. The predicted octanol–water partition coefficient (Wildman–Crippen LogP) is 4.34. The molecule has 2 nitrogen and oxygen atoms in total. The minimum Gasteiger partial charge on any atom is -0.496 e. The Bertz CT molecular complexity index is 877. The number of hydrogen-bond donors (Lipinski definition) is 0. The lowest BCUT2D eigenvalue weighted by atomic mass is 9.62. The fraction of sp³-hybridized carbons (Fsp3) is 0.381. The lowest BCUT2D eigenvalue weighted by Gasteiger charge is -2.41. The van der Waals surface area contributed by atoms with E-state index in [1.165, 1.54) is 22.9 Å². The molecule has 0 amide bonds. The zero-order valence-corrected chi connectivity index (χ0v) is 13.4. The van der Waals surface area contributed by atoms with E-state index >= 15 is 0 Å². The van der Waals surface area contributed by atoms with Crippen molar-refractivity contribution >= 4 is 16.6 Å². The van der Waals surface area contributed by atoms with Crippen molar-refractivity contribution in [1.29, 1.82) is 0 Å². The molecule has 0 radical (unpaired) electrons. The Kier molecular flexibility index (Phi) is 2.60. The molecule has 1 spiro atoms. The summed E-state index contributed by atoms with van der Waals surface area (Å²) in [7, 11) is 1.71. The average molecular weight is 304 g/mol. The largest absolute Gasteiger partial charge is 0.496 e. The van der Waals surface area contributed by atoms with Crippen LogP contribution in [0.2, 0.25) is 0 Å². The van der Waals surface area contributed by atoms with E-state index in [4.69, 9.17) is 4.74 Å². The Morgan fingerprint density at radius 3 is 2.87 bits per heavy atom. The molecule has 0 heterocycles. The second-order valence-electron chi connectivity index (χ2n) is 7.42. The lowest BCUT2D eigenvalue weighted by molar-refractivity contribution is -0.120. The van der Waals surface area contributed by atoms with Crippen molar-refractivity contribution in [2.24, 2.45) is 5.92 Å². The van der Waals surface area contributed by atoms with E-state index in [-0.39, 0.29) is 5.41 Å². The lowest BCUT2D eigenvalue weighted by Crippen LogP contribution is -2.39. The van der Waals surface area contributed by atoms with Crippen molar-refractivity contribution in [3.63, 3.8) is 0 Å². The predicted molar refractivity (Wildman–Crippen MR) is 90.9 cm³/mol. The zero-order valence-electron chi connectivity index (χ0n) is 13.4. The van der Waals surface area contributed by atoms with Gasteiger partial charge in [0, 0.05) is 23.6 Å². The first-order valence-corrected chi connectivity index (χ1v) is 8.49. The highest BCUT2D eigenvalue weighted by Gasteiger charge is 2.51. The van der Waals surface area contributed by atoms with Crippen LogP contribution in [0.25, 0.3) is 10.8 Å². The van der Waals surface area contributed by atoms with Crippen molar-refractivity contribution in [2.45, 2.75) is 37.5 Å². The smallest absolute Gasteiger partial charge is 0.138 e. The number of ether oxygens (including phenoxy) is 1. The Morgan fingerprint density at radius 1 is 1.22 bits per heavy atom. The first kappa shape index (κ1) is 13.4. The quantitative estimate of drug-likeness (QED) is 0.733. The molecule has 0 N–H and O–H groups in total. The van der Waals surface area contributed by atoms with Gasteiger partial charge in [-0.1, -0.05) is 29.8 Å². The normalized spacial score (nSPS) is 28.3. The van der Waals surface area contributed by atoms with E-state index in [1.807, 2.05) is 6.07 Å². The van der Waals surface area contributed by atoms with Crippen molar-refractivity contribution in [2.75, 3.05) is 7.11 Å². The maximum atomic E-state index is 12.5. The molecular weight excluding hydrogens is 284 g/mol. The Labute approximate surface area is 136 Å². The molecule has 0 aliphatic heterocycles. The molecule has 2 atom stereocenters. The summed E-state index contributed by atoms with van der Waals surface area (Å²) in [4.78, 5) is 12.5. The highest BCUT2D eigenvalue weighted by Crippen LogP contribution is 2.58. The SMILES string of the molecule is COc1cccc2cc3c(cc12)CC(=O)CC31CC2=CCC1C2. The van der Waals surface area contributed by atoms with Gasteiger partial charge in [0.2, 0.25) is 0 Å². The number of fused-ring (bicyclic) bond motifs is 6. The van der Waals surface area contributed by atoms with Gasteiger partial charge in [-0.15, -0.1) is 0 Å². The standard InChI is InChI=1S/C21H20O2/c1-23-20-4-2-3-14-10-19-15(9-18(14)20)8-17(22)12-21(19)11-13-5-6-16(21)7-13/h2-5,9-10,16H,6-8,11-12H2,1H3.